The lowest BCUT2D eigenvalue weighted by molar-refractivity contribution is 0.0674. The lowest BCUT2D eigenvalue weighted by atomic mass is 10.0. The number of ether oxygens (including phenoxy) is 1. The maximum Gasteiger partial charge on any atom is 0.276 e. The van der Waals surface area contributed by atoms with Crippen molar-refractivity contribution < 1.29 is 9.53 Å². The number of halogens is 1. The summed E-state index contributed by atoms with van der Waals surface area (Å²) in [6, 6.07) is 8.10. The highest BCUT2D eigenvalue weighted by atomic mass is 79.9. The van der Waals surface area contributed by atoms with Gasteiger partial charge in [-0.25, -0.2) is 0 Å². The molecule has 1 N–H and O–H groups in total. The van der Waals surface area contributed by atoms with Crippen molar-refractivity contribution in [2.24, 2.45) is 0 Å². The van der Waals surface area contributed by atoms with Gasteiger partial charge in [0, 0.05) is 12.2 Å². The summed E-state index contributed by atoms with van der Waals surface area (Å²) in [5.41, 5.74) is 2.48. The summed E-state index contributed by atoms with van der Waals surface area (Å²) in [6.07, 6.45) is 4.27. The van der Waals surface area contributed by atoms with Crippen LogP contribution in [0.2, 0.25) is 0 Å². The van der Waals surface area contributed by atoms with Gasteiger partial charge in [0.2, 0.25) is 0 Å². The summed E-state index contributed by atoms with van der Waals surface area (Å²) in [7, 11) is 1.66. The van der Waals surface area contributed by atoms with Crippen molar-refractivity contribution in [2.45, 2.75) is 38.6 Å². The molecular weight excluding hydrogens is 370 g/mol. The van der Waals surface area contributed by atoms with Crippen molar-refractivity contribution in [1.29, 1.82) is 0 Å². The molecule has 0 aliphatic carbocycles. The number of carbonyl (C=O) groups is 1. The second-order valence-corrected chi connectivity index (χ2v) is 6.94. The number of likely N-dealkylation sites (tertiary alicyclic amines) is 1. The van der Waals surface area contributed by atoms with Gasteiger partial charge in [0.05, 0.1) is 17.6 Å². The Labute approximate surface area is 150 Å². The predicted octanol–water partition coefficient (Wildman–Crippen LogP) is 4.25. The van der Waals surface area contributed by atoms with Crippen LogP contribution in [0.15, 0.2) is 28.7 Å². The van der Waals surface area contributed by atoms with Crippen LogP contribution in [-0.4, -0.2) is 34.7 Å². The van der Waals surface area contributed by atoms with Gasteiger partial charge in [0.25, 0.3) is 5.91 Å². The molecule has 5 nitrogen and oxygen atoms in total. The van der Waals surface area contributed by atoms with Crippen LogP contribution in [0.5, 0.6) is 5.75 Å². The normalized spacial score (nSPS) is 18.3. The molecule has 1 aliphatic heterocycles. The fraction of sp³-hybridized carbons (Fsp3) is 0.444. The van der Waals surface area contributed by atoms with E-state index >= 15 is 0 Å². The van der Waals surface area contributed by atoms with Crippen LogP contribution in [0.3, 0.4) is 0 Å². The number of hydrogen-bond acceptors (Lipinski definition) is 3. The van der Waals surface area contributed by atoms with Crippen molar-refractivity contribution in [2.75, 3.05) is 13.7 Å². The number of hydrogen-bond donors (Lipinski definition) is 1. The van der Waals surface area contributed by atoms with Gasteiger partial charge in [0.1, 0.15) is 5.75 Å². The number of aryl methyl sites for hydroxylation is 1. The smallest absolute Gasteiger partial charge is 0.276 e. The topological polar surface area (TPSA) is 58.2 Å². The number of H-pyrrole nitrogens is 1. The van der Waals surface area contributed by atoms with E-state index in [4.69, 9.17) is 4.74 Å². The molecule has 3 rings (SSSR count). The van der Waals surface area contributed by atoms with Crippen LogP contribution in [-0.2, 0) is 0 Å². The molecule has 1 atom stereocenters. The minimum absolute atomic E-state index is 0.0195. The fourth-order valence-electron chi connectivity index (χ4n) is 3.22. The molecule has 6 heteroatoms. The maximum absolute atomic E-state index is 13.1. The Bertz CT molecular complexity index is 712. The van der Waals surface area contributed by atoms with E-state index in [1.807, 2.05) is 24.0 Å². The molecule has 0 saturated carbocycles. The van der Waals surface area contributed by atoms with E-state index in [1.54, 1.807) is 7.11 Å². The zero-order valence-corrected chi connectivity index (χ0v) is 15.6. The quantitative estimate of drug-likeness (QED) is 0.850. The first kappa shape index (κ1) is 17.0. The third-order valence-corrected chi connectivity index (χ3v) is 5.56. The lowest BCUT2D eigenvalue weighted by Crippen LogP contribution is -2.35. The Kier molecular flexibility index (Phi) is 5.23. The standard InChI is InChI=1S/C18H22BrN3O2/c1-12-16(19)17(21-20-12)18(23)22-11-5-3-4-6-15(22)13-7-9-14(24-2)10-8-13/h7-10,15H,3-6,11H2,1-2H3,(H,20,21)/t15-/m0/s1. The number of nitrogens with zero attached hydrogens (tertiary/aromatic N) is 2. The number of aromatic amines is 1. The van der Waals surface area contributed by atoms with Crippen molar-refractivity contribution in [3.8, 4) is 5.75 Å². The van der Waals surface area contributed by atoms with Gasteiger partial charge in [-0.15, -0.1) is 0 Å². The maximum atomic E-state index is 13.1. The average Bonchev–Trinajstić information content (AvgIpc) is 2.81. The Morgan fingerprint density at radius 3 is 2.67 bits per heavy atom. The summed E-state index contributed by atoms with van der Waals surface area (Å²) in [5, 5.41) is 7.07. The number of nitrogens with one attached hydrogen (secondary N) is 1. The van der Waals surface area contributed by atoms with Gasteiger partial charge in [0.15, 0.2) is 5.69 Å². The largest absolute Gasteiger partial charge is 0.497 e. The first-order chi connectivity index (χ1) is 11.6. The first-order valence-electron chi connectivity index (χ1n) is 8.27. The molecule has 1 amide bonds. The van der Waals surface area contributed by atoms with E-state index < -0.39 is 0 Å². The highest BCUT2D eigenvalue weighted by Crippen LogP contribution is 2.33. The van der Waals surface area contributed by atoms with Crippen LogP contribution in [0.1, 0.15) is 53.5 Å². The first-order valence-corrected chi connectivity index (χ1v) is 9.06. The van der Waals surface area contributed by atoms with Gasteiger partial charge < -0.3 is 9.64 Å². The molecule has 0 bridgehead atoms. The molecule has 0 unspecified atom stereocenters. The second-order valence-electron chi connectivity index (χ2n) is 6.15. The zero-order valence-electron chi connectivity index (χ0n) is 14.0. The number of aromatic nitrogens is 2. The van der Waals surface area contributed by atoms with Crippen molar-refractivity contribution in [3.05, 3.63) is 45.7 Å². The molecule has 1 aromatic heterocycles. The van der Waals surface area contributed by atoms with Gasteiger partial charge >= 0.3 is 0 Å². The molecule has 1 aromatic carbocycles. The summed E-state index contributed by atoms with van der Waals surface area (Å²) in [6.45, 7) is 2.66. The molecule has 128 valence electrons. The number of methoxy groups -OCH3 is 1. The van der Waals surface area contributed by atoms with Crippen LogP contribution in [0.25, 0.3) is 0 Å². The number of benzene rings is 1. The van der Waals surface area contributed by atoms with E-state index in [1.165, 1.54) is 0 Å². The average molecular weight is 392 g/mol. The molecule has 1 fully saturated rings. The second kappa shape index (κ2) is 7.38. The summed E-state index contributed by atoms with van der Waals surface area (Å²) in [4.78, 5) is 15.0. The van der Waals surface area contributed by atoms with Crippen LogP contribution < -0.4 is 4.74 Å². The fourth-order valence-corrected chi connectivity index (χ4v) is 3.56. The Hall–Kier alpha value is -1.82. The monoisotopic (exact) mass is 391 g/mol. The molecule has 2 aromatic rings. The highest BCUT2D eigenvalue weighted by Gasteiger charge is 2.30. The van der Waals surface area contributed by atoms with Gasteiger partial charge in [-0.2, -0.15) is 5.10 Å². The number of amides is 1. The Balaban J connectivity index is 1.92. The third-order valence-electron chi connectivity index (χ3n) is 4.59. The summed E-state index contributed by atoms with van der Waals surface area (Å²) < 4.78 is 6.00. The third kappa shape index (κ3) is 3.34. The van der Waals surface area contributed by atoms with E-state index in [9.17, 15) is 4.79 Å². The van der Waals surface area contributed by atoms with Crippen molar-refractivity contribution in [1.82, 2.24) is 15.1 Å². The highest BCUT2D eigenvalue weighted by molar-refractivity contribution is 9.10. The van der Waals surface area contributed by atoms with Crippen LogP contribution in [0.4, 0.5) is 0 Å². The molecule has 24 heavy (non-hydrogen) atoms. The minimum atomic E-state index is -0.0195. The summed E-state index contributed by atoms with van der Waals surface area (Å²) in [5.74, 6) is 0.810. The molecule has 0 radical (unpaired) electrons. The van der Waals surface area contributed by atoms with E-state index in [2.05, 4.69) is 38.3 Å². The number of carbonyl (C=O) groups excluding carboxylic acids is 1. The molecule has 1 saturated heterocycles. The Morgan fingerprint density at radius 1 is 1.29 bits per heavy atom. The molecule has 2 heterocycles. The molecule has 1 aliphatic rings. The minimum Gasteiger partial charge on any atom is -0.497 e. The summed E-state index contributed by atoms with van der Waals surface area (Å²) >= 11 is 3.47. The zero-order chi connectivity index (χ0) is 17.1. The van der Waals surface area contributed by atoms with Crippen LogP contribution in [0, 0.1) is 6.92 Å². The number of rotatable bonds is 3. The van der Waals surface area contributed by atoms with Crippen molar-refractivity contribution >= 4 is 21.8 Å². The molecule has 0 spiro atoms. The SMILES string of the molecule is COc1ccc([C@@H]2CCCCCN2C(=O)c2n[nH]c(C)c2Br)cc1. The van der Waals surface area contributed by atoms with E-state index in [-0.39, 0.29) is 11.9 Å². The van der Waals surface area contributed by atoms with E-state index in [0.717, 1.165) is 53.7 Å². The van der Waals surface area contributed by atoms with Gasteiger partial charge in [-0.05, 0) is 53.4 Å². The van der Waals surface area contributed by atoms with E-state index in [0.29, 0.717) is 5.69 Å². The van der Waals surface area contributed by atoms with Crippen LogP contribution >= 0.6 is 15.9 Å². The van der Waals surface area contributed by atoms with Gasteiger partial charge in [-0.3, -0.25) is 9.89 Å². The van der Waals surface area contributed by atoms with Crippen molar-refractivity contribution in [3.63, 3.8) is 0 Å². The Morgan fingerprint density at radius 2 is 2.04 bits per heavy atom. The lowest BCUT2D eigenvalue weighted by Gasteiger charge is -2.30. The predicted molar refractivity (Wildman–Crippen MR) is 96.3 cm³/mol. The molecular formula is C18H22BrN3O2. The van der Waals surface area contributed by atoms with Gasteiger partial charge in [-0.1, -0.05) is 25.0 Å².